The molecule has 0 aromatic carbocycles. The van der Waals surface area contributed by atoms with Gasteiger partial charge in [0.2, 0.25) is 5.91 Å². The van der Waals surface area contributed by atoms with E-state index >= 15 is 0 Å². The fourth-order valence-electron chi connectivity index (χ4n) is 2.80. The molecule has 2 fully saturated rings. The van der Waals surface area contributed by atoms with E-state index in [2.05, 4.69) is 24.5 Å². The highest BCUT2D eigenvalue weighted by molar-refractivity contribution is 5.78. The van der Waals surface area contributed by atoms with Gasteiger partial charge in [0.1, 0.15) is 0 Å². The third kappa shape index (κ3) is 2.57. The van der Waals surface area contributed by atoms with Crippen molar-refractivity contribution < 1.29 is 4.79 Å². The molecule has 1 saturated heterocycles. The van der Waals surface area contributed by atoms with E-state index in [0.29, 0.717) is 5.92 Å². The number of hydrogen-bond acceptors (Lipinski definition) is 2. The Kier molecular flexibility index (Phi) is 3.85. The molecule has 3 heteroatoms. The molecule has 2 N–H and O–H groups in total. The monoisotopic (exact) mass is 224 g/mol. The van der Waals surface area contributed by atoms with Crippen LogP contribution in [-0.4, -0.2) is 25.5 Å². The Hall–Kier alpha value is -0.570. The quantitative estimate of drug-likeness (QED) is 0.758. The molecule has 92 valence electrons. The van der Waals surface area contributed by atoms with E-state index in [0.717, 1.165) is 31.5 Å². The first-order chi connectivity index (χ1) is 7.68. The van der Waals surface area contributed by atoms with Crippen molar-refractivity contribution in [2.75, 3.05) is 19.6 Å². The third-order valence-electron chi connectivity index (χ3n) is 4.51. The summed E-state index contributed by atoms with van der Waals surface area (Å²) >= 11 is 0. The Bertz CT molecular complexity index is 250. The lowest BCUT2D eigenvalue weighted by Gasteiger charge is -2.32. The van der Waals surface area contributed by atoms with E-state index in [-0.39, 0.29) is 11.8 Å². The summed E-state index contributed by atoms with van der Waals surface area (Å²) < 4.78 is 0. The number of amides is 1. The van der Waals surface area contributed by atoms with Gasteiger partial charge in [-0.15, -0.1) is 0 Å². The Balaban J connectivity index is 1.70. The zero-order valence-corrected chi connectivity index (χ0v) is 10.5. The van der Waals surface area contributed by atoms with Crippen molar-refractivity contribution in [1.29, 1.82) is 0 Å². The maximum absolute atomic E-state index is 11.9. The number of hydrogen-bond donors (Lipinski definition) is 2. The molecule has 3 atom stereocenters. The van der Waals surface area contributed by atoms with Crippen LogP contribution in [0, 0.1) is 23.7 Å². The van der Waals surface area contributed by atoms with E-state index in [1.54, 1.807) is 0 Å². The number of carbonyl (C=O) groups excluding carboxylic acids is 1. The van der Waals surface area contributed by atoms with Gasteiger partial charge in [-0.1, -0.05) is 26.7 Å². The van der Waals surface area contributed by atoms with Crippen molar-refractivity contribution in [2.24, 2.45) is 23.7 Å². The largest absolute Gasteiger partial charge is 0.356 e. The molecule has 0 radical (unpaired) electrons. The maximum Gasteiger partial charge on any atom is 0.223 e. The predicted octanol–water partition coefficient (Wildman–Crippen LogP) is 1.39. The lowest BCUT2D eigenvalue weighted by molar-refractivity contribution is -0.126. The molecule has 3 unspecified atom stereocenters. The average molecular weight is 224 g/mol. The van der Waals surface area contributed by atoms with E-state index in [4.69, 9.17) is 0 Å². The van der Waals surface area contributed by atoms with Crippen molar-refractivity contribution in [1.82, 2.24) is 10.6 Å². The van der Waals surface area contributed by atoms with Gasteiger partial charge in [-0.2, -0.15) is 0 Å². The maximum atomic E-state index is 11.9. The predicted molar refractivity (Wildman–Crippen MR) is 65.0 cm³/mol. The first-order valence-electron chi connectivity index (χ1n) is 6.67. The van der Waals surface area contributed by atoms with Gasteiger partial charge in [-0.25, -0.2) is 0 Å². The summed E-state index contributed by atoms with van der Waals surface area (Å²) in [5, 5.41) is 6.36. The Morgan fingerprint density at radius 3 is 2.69 bits per heavy atom. The summed E-state index contributed by atoms with van der Waals surface area (Å²) in [6.45, 7) is 7.27. The van der Waals surface area contributed by atoms with Crippen LogP contribution in [-0.2, 0) is 4.79 Å². The van der Waals surface area contributed by atoms with Crippen LogP contribution >= 0.6 is 0 Å². The van der Waals surface area contributed by atoms with Gasteiger partial charge < -0.3 is 10.6 Å². The zero-order chi connectivity index (χ0) is 11.5. The summed E-state index contributed by atoms with van der Waals surface area (Å²) in [5.41, 5.74) is 0. The zero-order valence-electron chi connectivity index (χ0n) is 10.5. The fourth-order valence-corrected chi connectivity index (χ4v) is 2.80. The fraction of sp³-hybridized carbons (Fsp3) is 0.923. The summed E-state index contributed by atoms with van der Waals surface area (Å²) in [4.78, 5) is 11.9. The molecule has 1 aliphatic carbocycles. The second-order valence-electron chi connectivity index (χ2n) is 5.62. The lowest BCUT2D eigenvalue weighted by atomic mass is 9.88. The normalized spacial score (nSPS) is 32.1. The van der Waals surface area contributed by atoms with Crippen LogP contribution in [0.1, 0.15) is 33.1 Å². The molecule has 16 heavy (non-hydrogen) atoms. The summed E-state index contributed by atoms with van der Waals surface area (Å²) in [6.07, 6.45) is 3.97. The molecule has 1 saturated carbocycles. The molecule has 0 aromatic heterocycles. The van der Waals surface area contributed by atoms with Crippen molar-refractivity contribution in [2.45, 2.75) is 33.1 Å². The number of rotatable bonds is 4. The van der Waals surface area contributed by atoms with Crippen LogP contribution in [0.15, 0.2) is 0 Å². The molecule has 1 heterocycles. The van der Waals surface area contributed by atoms with Crippen LogP contribution in [0.2, 0.25) is 0 Å². The van der Waals surface area contributed by atoms with Gasteiger partial charge in [0.25, 0.3) is 0 Å². The highest BCUT2D eigenvalue weighted by Gasteiger charge is 2.30. The van der Waals surface area contributed by atoms with E-state index in [1.807, 2.05) is 0 Å². The summed E-state index contributed by atoms with van der Waals surface area (Å²) in [5.74, 6) is 2.50. The van der Waals surface area contributed by atoms with Gasteiger partial charge in [0, 0.05) is 12.5 Å². The molecule has 1 amide bonds. The van der Waals surface area contributed by atoms with E-state index in [9.17, 15) is 4.79 Å². The van der Waals surface area contributed by atoms with Gasteiger partial charge in [-0.3, -0.25) is 4.79 Å². The minimum Gasteiger partial charge on any atom is -0.356 e. The smallest absolute Gasteiger partial charge is 0.223 e. The van der Waals surface area contributed by atoms with Crippen LogP contribution in [0.3, 0.4) is 0 Å². The van der Waals surface area contributed by atoms with E-state index in [1.165, 1.54) is 19.3 Å². The molecule has 0 spiro atoms. The Morgan fingerprint density at radius 2 is 2.19 bits per heavy atom. The summed E-state index contributed by atoms with van der Waals surface area (Å²) in [7, 11) is 0. The third-order valence-corrected chi connectivity index (χ3v) is 4.51. The van der Waals surface area contributed by atoms with Crippen LogP contribution < -0.4 is 10.6 Å². The molecule has 0 aromatic rings. The van der Waals surface area contributed by atoms with E-state index < -0.39 is 0 Å². The molecule has 2 aliphatic rings. The summed E-state index contributed by atoms with van der Waals surface area (Å²) in [6, 6.07) is 0. The number of nitrogens with one attached hydrogen (secondary N) is 2. The SMILES string of the molecule is CC1CCCC1CNC(=O)C(C)C1CNC1. The van der Waals surface area contributed by atoms with Crippen LogP contribution in [0.4, 0.5) is 0 Å². The van der Waals surface area contributed by atoms with Crippen molar-refractivity contribution in [3.05, 3.63) is 0 Å². The second-order valence-corrected chi connectivity index (χ2v) is 5.62. The minimum absolute atomic E-state index is 0.179. The number of carbonyl (C=O) groups is 1. The van der Waals surface area contributed by atoms with Crippen molar-refractivity contribution in [3.63, 3.8) is 0 Å². The minimum atomic E-state index is 0.179. The molecular weight excluding hydrogens is 200 g/mol. The highest BCUT2D eigenvalue weighted by Crippen LogP contribution is 2.30. The lowest BCUT2D eigenvalue weighted by Crippen LogP contribution is -2.50. The standard InChI is InChI=1S/C13H24N2O/c1-9-4-3-5-11(9)8-15-13(16)10(2)12-6-14-7-12/h9-12,14H,3-8H2,1-2H3,(H,15,16). The first-order valence-corrected chi connectivity index (χ1v) is 6.67. The second kappa shape index (κ2) is 5.17. The highest BCUT2D eigenvalue weighted by atomic mass is 16.1. The molecular formula is C13H24N2O. The van der Waals surface area contributed by atoms with Gasteiger partial charge in [0.05, 0.1) is 0 Å². The van der Waals surface area contributed by atoms with Crippen LogP contribution in [0.25, 0.3) is 0 Å². The Morgan fingerprint density at radius 1 is 1.44 bits per heavy atom. The molecule has 1 aliphatic heterocycles. The molecule has 2 rings (SSSR count). The van der Waals surface area contributed by atoms with Crippen LogP contribution in [0.5, 0.6) is 0 Å². The molecule has 3 nitrogen and oxygen atoms in total. The Labute approximate surface area is 98.4 Å². The topological polar surface area (TPSA) is 41.1 Å². The average Bonchev–Trinajstić information content (AvgIpc) is 2.57. The van der Waals surface area contributed by atoms with Gasteiger partial charge in [0.15, 0.2) is 0 Å². The van der Waals surface area contributed by atoms with Gasteiger partial charge >= 0.3 is 0 Å². The van der Waals surface area contributed by atoms with Gasteiger partial charge in [-0.05, 0) is 37.3 Å². The molecule has 0 bridgehead atoms. The van der Waals surface area contributed by atoms with Crippen molar-refractivity contribution in [3.8, 4) is 0 Å². The van der Waals surface area contributed by atoms with Crippen molar-refractivity contribution >= 4 is 5.91 Å². The first kappa shape index (κ1) is 11.9.